The smallest absolute Gasteiger partial charge is 0.371 e. The summed E-state index contributed by atoms with van der Waals surface area (Å²) in [5, 5.41) is 11.9. The van der Waals surface area contributed by atoms with Gasteiger partial charge in [-0.2, -0.15) is 18.4 Å². The largest absolute Gasteiger partial charge is 0.406 e. The van der Waals surface area contributed by atoms with Gasteiger partial charge in [0, 0.05) is 24.5 Å². The zero-order chi connectivity index (χ0) is 21.9. The van der Waals surface area contributed by atoms with Gasteiger partial charge in [0.1, 0.15) is 12.7 Å². The standard InChI is InChI=1S/C22H23F3N4O/c1-3-28(12-6-11-26)16-9-10-17(15(2)13-16)20-27-19-8-5-4-7-18(19)21(30)29(20)14-22(23,24)25/h4-5,7-10,13,20,27H,3,6,12,14H2,1-2H3/t20-/m1/s1. The number of alkyl halides is 3. The molecule has 1 amide bonds. The van der Waals surface area contributed by atoms with Crippen molar-refractivity contribution in [1.82, 2.24) is 4.90 Å². The zero-order valence-electron chi connectivity index (χ0n) is 16.8. The van der Waals surface area contributed by atoms with Crippen LogP contribution in [0.3, 0.4) is 0 Å². The molecule has 8 heteroatoms. The average molecular weight is 416 g/mol. The number of benzene rings is 2. The fraction of sp³-hybridized carbons (Fsp3) is 0.364. The molecule has 0 unspecified atom stereocenters. The molecule has 3 rings (SSSR count). The van der Waals surface area contributed by atoms with Crippen LogP contribution < -0.4 is 10.2 Å². The molecule has 1 aliphatic rings. The fourth-order valence-corrected chi connectivity index (χ4v) is 3.71. The van der Waals surface area contributed by atoms with Crippen LogP contribution in [0.5, 0.6) is 0 Å². The van der Waals surface area contributed by atoms with Crippen molar-refractivity contribution in [2.45, 2.75) is 32.6 Å². The molecule has 1 aliphatic heterocycles. The first-order chi connectivity index (χ1) is 14.2. The molecule has 0 bridgehead atoms. The maximum Gasteiger partial charge on any atom is 0.406 e. The van der Waals surface area contributed by atoms with E-state index in [4.69, 9.17) is 5.26 Å². The molecule has 0 saturated heterocycles. The van der Waals surface area contributed by atoms with Crippen molar-refractivity contribution in [2.24, 2.45) is 0 Å². The first-order valence-electron chi connectivity index (χ1n) is 9.71. The number of carbonyl (C=O) groups is 1. The number of para-hydroxylation sites is 1. The highest BCUT2D eigenvalue weighted by molar-refractivity contribution is 6.01. The van der Waals surface area contributed by atoms with Gasteiger partial charge in [0.2, 0.25) is 0 Å². The van der Waals surface area contributed by atoms with Crippen LogP contribution in [0, 0.1) is 18.3 Å². The Hall–Kier alpha value is -3.21. The lowest BCUT2D eigenvalue weighted by molar-refractivity contribution is -0.144. The monoisotopic (exact) mass is 416 g/mol. The molecule has 2 aromatic carbocycles. The van der Waals surface area contributed by atoms with E-state index in [0.717, 1.165) is 16.2 Å². The lowest BCUT2D eigenvalue weighted by Gasteiger charge is -2.39. The Kier molecular flexibility index (Phi) is 6.20. The number of hydrogen-bond acceptors (Lipinski definition) is 4. The minimum atomic E-state index is -4.52. The van der Waals surface area contributed by atoms with Crippen molar-refractivity contribution in [3.05, 3.63) is 59.2 Å². The molecule has 5 nitrogen and oxygen atoms in total. The Bertz CT molecular complexity index is 968. The van der Waals surface area contributed by atoms with Crippen molar-refractivity contribution >= 4 is 17.3 Å². The summed E-state index contributed by atoms with van der Waals surface area (Å²) in [7, 11) is 0. The van der Waals surface area contributed by atoms with E-state index in [-0.39, 0.29) is 5.56 Å². The summed E-state index contributed by atoms with van der Waals surface area (Å²) in [4.78, 5) is 15.7. The SMILES string of the molecule is CCN(CCC#N)c1ccc([C@@H]2Nc3ccccc3C(=O)N2CC(F)(F)F)c(C)c1. The van der Waals surface area contributed by atoms with Gasteiger partial charge in [0.15, 0.2) is 0 Å². The van der Waals surface area contributed by atoms with Crippen molar-refractivity contribution < 1.29 is 18.0 Å². The number of nitrogens with one attached hydrogen (secondary N) is 1. The van der Waals surface area contributed by atoms with Crippen molar-refractivity contribution in [3.63, 3.8) is 0 Å². The third-order valence-corrected chi connectivity index (χ3v) is 5.16. The third kappa shape index (κ3) is 4.51. The van der Waals surface area contributed by atoms with E-state index in [1.165, 1.54) is 6.07 Å². The summed E-state index contributed by atoms with van der Waals surface area (Å²) in [5.74, 6) is -0.653. The first kappa shape index (κ1) is 21.5. The quantitative estimate of drug-likeness (QED) is 0.730. The molecule has 0 aliphatic carbocycles. The van der Waals surface area contributed by atoms with Crippen LogP contribution in [0.1, 0.15) is 41.0 Å². The van der Waals surface area contributed by atoms with E-state index in [2.05, 4.69) is 11.4 Å². The lowest BCUT2D eigenvalue weighted by atomic mass is 9.99. The van der Waals surface area contributed by atoms with E-state index >= 15 is 0 Å². The van der Waals surface area contributed by atoms with Crippen molar-refractivity contribution in [1.29, 1.82) is 5.26 Å². The van der Waals surface area contributed by atoms with Gasteiger partial charge in [-0.25, -0.2) is 0 Å². The van der Waals surface area contributed by atoms with Crippen LogP contribution >= 0.6 is 0 Å². The van der Waals surface area contributed by atoms with Crippen LogP contribution in [0.4, 0.5) is 24.5 Å². The minimum Gasteiger partial charge on any atom is -0.371 e. The number of nitrogens with zero attached hydrogens (tertiary/aromatic N) is 3. The van der Waals surface area contributed by atoms with Crippen LogP contribution in [0.25, 0.3) is 0 Å². The molecule has 30 heavy (non-hydrogen) atoms. The van der Waals surface area contributed by atoms with E-state index in [0.29, 0.717) is 30.8 Å². The minimum absolute atomic E-state index is 0.223. The summed E-state index contributed by atoms with van der Waals surface area (Å²) in [6, 6.07) is 14.2. The summed E-state index contributed by atoms with van der Waals surface area (Å²) in [6.45, 7) is 3.72. The molecule has 0 spiro atoms. The van der Waals surface area contributed by atoms with Gasteiger partial charge >= 0.3 is 6.18 Å². The number of carbonyl (C=O) groups excluding carboxylic acids is 1. The Labute approximate surface area is 173 Å². The molecule has 0 fully saturated rings. The Morgan fingerprint density at radius 3 is 2.60 bits per heavy atom. The zero-order valence-corrected chi connectivity index (χ0v) is 16.8. The van der Waals surface area contributed by atoms with E-state index in [1.807, 2.05) is 30.9 Å². The summed E-state index contributed by atoms with van der Waals surface area (Å²) < 4.78 is 39.8. The Morgan fingerprint density at radius 1 is 1.23 bits per heavy atom. The van der Waals surface area contributed by atoms with Gasteiger partial charge in [0.05, 0.1) is 18.1 Å². The summed E-state index contributed by atoms with van der Waals surface area (Å²) in [6.07, 6.45) is -5.08. The number of aryl methyl sites for hydroxylation is 1. The normalized spacial score (nSPS) is 15.9. The summed E-state index contributed by atoms with van der Waals surface area (Å²) in [5.41, 5.74) is 2.99. The number of hydrogen-bond donors (Lipinski definition) is 1. The van der Waals surface area contributed by atoms with Crippen LogP contribution in [0.15, 0.2) is 42.5 Å². The number of rotatable bonds is 6. The molecule has 1 atom stereocenters. The predicted molar refractivity (Wildman–Crippen MR) is 109 cm³/mol. The highest BCUT2D eigenvalue weighted by Gasteiger charge is 2.41. The molecular formula is C22H23F3N4O. The molecule has 158 valence electrons. The molecule has 0 saturated carbocycles. The fourth-order valence-electron chi connectivity index (χ4n) is 3.71. The molecule has 0 aromatic heterocycles. The lowest BCUT2D eigenvalue weighted by Crippen LogP contribution is -2.47. The second-order valence-electron chi connectivity index (χ2n) is 7.17. The van der Waals surface area contributed by atoms with Crippen LogP contribution in [0.2, 0.25) is 0 Å². The van der Waals surface area contributed by atoms with Gasteiger partial charge in [-0.1, -0.05) is 18.2 Å². The van der Waals surface area contributed by atoms with Gasteiger partial charge in [0.25, 0.3) is 5.91 Å². The summed E-state index contributed by atoms with van der Waals surface area (Å²) >= 11 is 0. The molecule has 0 radical (unpaired) electrons. The maximum atomic E-state index is 13.3. The first-order valence-corrected chi connectivity index (χ1v) is 9.71. The average Bonchev–Trinajstić information content (AvgIpc) is 2.70. The Balaban J connectivity index is 1.99. The topological polar surface area (TPSA) is 59.4 Å². The number of amides is 1. The van der Waals surface area contributed by atoms with Gasteiger partial charge in [-0.05, 0) is 49.2 Å². The Morgan fingerprint density at radius 2 is 1.97 bits per heavy atom. The third-order valence-electron chi connectivity index (χ3n) is 5.16. The predicted octanol–water partition coefficient (Wildman–Crippen LogP) is 4.86. The second-order valence-corrected chi connectivity index (χ2v) is 7.17. The highest BCUT2D eigenvalue weighted by Crippen LogP contribution is 2.37. The molecular weight excluding hydrogens is 393 g/mol. The number of halogens is 3. The number of nitriles is 1. The second kappa shape index (κ2) is 8.66. The van der Waals surface area contributed by atoms with Gasteiger partial charge < -0.3 is 15.1 Å². The van der Waals surface area contributed by atoms with Gasteiger partial charge in [-0.15, -0.1) is 0 Å². The maximum absolute atomic E-state index is 13.3. The van der Waals surface area contributed by atoms with Crippen LogP contribution in [-0.4, -0.2) is 36.6 Å². The van der Waals surface area contributed by atoms with Crippen molar-refractivity contribution in [2.75, 3.05) is 29.9 Å². The van der Waals surface area contributed by atoms with Crippen molar-refractivity contribution in [3.8, 4) is 6.07 Å². The molecule has 1 heterocycles. The number of fused-ring (bicyclic) bond motifs is 1. The molecule has 2 aromatic rings. The number of anilines is 2. The van der Waals surface area contributed by atoms with Crippen LogP contribution in [-0.2, 0) is 0 Å². The van der Waals surface area contributed by atoms with E-state index < -0.39 is 24.8 Å². The van der Waals surface area contributed by atoms with Gasteiger partial charge in [-0.3, -0.25) is 4.79 Å². The van der Waals surface area contributed by atoms with E-state index in [1.54, 1.807) is 24.3 Å². The molecule has 1 N–H and O–H groups in total. The highest BCUT2D eigenvalue weighted by atomic mass is 19.4. The van der Waals surface area contributed by atoms with E-state index in [9.17, 15) is 18.0 Å².